The summed E-state index contributed by atoms with van der Waals surface area (Å²) < 4.78 is 5.57. The first-order valence-electron chi connectivity index (χ1n) is 4.19. The fourth-order valence-electron chi connectivity index (χ4n) is 1.61. The first-order valence-corrected chi connectivity index (χ1v) is 4.57. The van der Waals surface area contributed by atoms with Crippen LogP contribution in [0.2, 0.25) is 5.02 Å². The molecular weight excluding hydrogens is 188 g/mol. The topological polar surface area (TPSA) is 29.5 Å². The number of aromatic hydroxyl groups is 1. The van der Waals surface area contributed by atoms with E-state index in [1.54, 1.807) is 6.07 Å². The third kappa shape index (κ3) is 1.35. The normalized spacial score (nSPS) is 18.1. The number of phenols is 1. The van der Waals surface area contributed by atoms with Crippen molar-refractivity contribution in [3.05, 3.63) is 22.7 Å². The van der Waals surface area contributed by atoms with Crippen molar-refractivity contribution in [2.45, 2.75) is 25.9 Å². The summed E-state index contributed by atoms with van der Waals surface area (Å²) in [6.07, 6.45) is 0.813. The molecule has 1 heterocycles. The van der Waals surface area contributed by atoms with Crippen molar-refractivity contribution in [1.29, 1.82) is 0 Å². The first-order chi connectivity index (χ1) is 5.99. The lowest BCUT2D eigenvalue weighted by molar-refractivity contribution is 0.134. The summed E-state index contributed by atoms with van der Waals surface area (Å²) in [7, 11) is 0. The summed E-state index contributed by atoms with van der Waals surface area (Å²) in [5.41, 5.74) is 0.789. The van der Waals surface area contributed by atoms with E-state index >= 15 is 0 Å². The fourth-order valence-corrected chi connectivity index (χ4v) is 1.76. The van der Waals surface area contributed by atoms with Gasteiger partial charge in [-0.25, -0.2) is 0 Å². The number of phenolic OH excluding ortho intramolecular Hbond substituents is 1. The number of benzene rings is 1. The van der Waals surface area contributed by atoms with Gasteiger partial charge in [-0.1, -0.05) is 17.7 Å². The van der Waals surface area contributed by atoms with E-state index in [2.05, 4.69) is 0 Å². The van der Waals surface area contributed by atoms with Gasteiger partial charge < -0.3 is 9.84 Å². The van der Waals surface area contributed by atoms with Gasteiger partial charge in [0.1, 0.15) is 5.60 Å². The van der Waals surface area contributed by atoms with Crippen LogP contribution in [0.1, 0.15) is 19.4 Å². The average molecular weight is 199 g/mol. The van der Waals surface area contributed by atoms with Crippen LogP contribution < -0.4 is 4.74 Å². The zero-order chi connectivity index (χ0) is 9.64. The molecule has 0 radical (unpaired) electrons. The number of fused-ring (bicyclic) bond motifs is 1. The van der Waals surface area contributed by atoms with E-state index in [0.717, 1.165) is 12.0 Å². The van der Waals surface area contributed by atoms with Crippen molar-refractivity contribution in [2.24, 2.45) is 0 Å². The van der Waals surface area contributed by atoms with Crippen LogP contribution in [0.5, 0.6) is 11.5 Å². The standard InChI is InChI=1S/C10H11ClO2/c1-10(2)5-6-3-4-7(11)8(12)9(6)13-10/h3-4,12H,5H2,1-2H3. The highest BCUT2D eigenvalue weighted by Crippen LogP contribution is 2.44. The minimum Gasteiger partial charge on any atom is -0.503 e. The van der Waals surface area contributed by atoms with E-state index < -0.39 is 0 Å². The highest BCUT2D eigenvalue weighted by Gasteiger charge is 2.32. The van der Waals surface area contributed by atoms with E-state index in [4.69, 9.17) is 16.3 Å². The molecule has 0 bridgehead atoms. The summed E-state index contributed by atoms with van der Waals surface area (Å²) in [6, 6.07) is 3.59. The molecule has 0 spiro atoms. The van der Waals surface area contributed by atoms with Crippen molar-refractivity contribution in [1.82, 2.24) is 0 Å². The Morgan fingerprint density at radius 1 is 1.46 bits per heavy atom. The molecule has 1 N–H and O–H groups in total. The molecule has 0 atom stereocenters. The molecular formula is C10H11ClO2. The van der Waals surface area contributed by atoms with Crippen molar-refractivity contribution in [3.8, 4) is 11.5 Å². The number of hydrogen-bond donors (Lipinski definition) is 1. The Hall–Kier alpha value is -0.890. The zero-order valence-electron chi connectivity index (χ0n) is 7.60. The second-order valence-electron chi connectivity index (χ2n) is 3.92. The second-order valence-corrected chi connectivity index (χ2v) is 4.33. The van der Waals surface area contributed by atoms with Gasteiger partial charge in [-0.05, 0) is 19.9 Å². The second kappa shape index (κ2) is 2.55. The largest absolute Gasteiger partial charge is 0.503 e. The quantitative estimate of drug-likeness (QED) is 0.695. The molecule has 1 aliphatic heterocycles. The highest BCUT2D eigenvalue weighted by molar-refractivity contribution is 6.32. The molecule has 0 saturated carbocycles. The Labute approximate surface area is 82.1 Å². The van der Waals surface area contributed by atoms with Crippen LogP contribution in [0.15, 0.2) is 12.1 Å². The van der Waals surface area contributed by atoms with Crippen LogP contribution in [-0.4, -0.2) is 10.7 Å². The van der Waals surface area contributed by atoms with E-state index in [0.29, 0.717) is 10.8 Å². The minimum absolute atomic E-state index is 0.0599. The molecule has 0 unspecified atom stereocenters. The molecule has 0 amide bonds. The third-order valence-electron chi connectivity index (χ3n) is 2.16. The lowest BCUT2D eigenvalue weighted by Gasteiger charge is -2.17. The van der Waals surface area contributed by atoms with E-state index in [-0.39, 0.29) is 11.4 Å². The summed E-state index contributed by atoms with van der Waals surface area (Å²) >= 11 is 5.76. The maximum Gasteiger partial charge on any atom is 0.177 e. The zero-order valence-corrected chi connectivity index (χ0v) is 8.35. The summed E-state index contributed by atoms with van der Waals surface area (Å²) in [4.78, 5) is 0. The van der Waals surface area contributed by atoms with E-state index in [1.807, 2.05) is 19.9 Å². The third-order valence-corrected chi connectivity index (χ3v) is 2.46. The smallest absolute Gasteiger partial charge is 0.177 e. The number of hydrogen-bond acceptors (Lipinski definition) is 2. The molecule has 1 aliphatic rings. The summed E-state index contributed by atoms with van der Waals surface area (Å²) in [5, 5.41) is 9.94. The lowest BCUT2D eigenvalue weighted by Crippen LogP contribution is -2.24. The monoisotopic (exact) mass is 198 g/mol. The summed E-state index contributed by atoms with van der Waals surface area (Å²) in [5.74, 6) is 0.599. The van der Waals surface area contributed by atoms with Crippen LogP contribution in [0.3, 0.4) is 0 Å². The van der Waals surface area contributed by atoms with Crippen LogP contribution in [0.4, 0.5) is 0 Å². The average Bonchev–Trinajstić information content (AvgIpc) is 2.34. The molecule has 1 aromatic carbocycles. The van der Waals surface area contributed by atoms with Crippen molar-refractivity contribution >= 4 is 11.6 Å². The van der Waals surface area contributed by atoms with Crippen molar-refractivity contribution in [2.75, 3.05) is 0 Å². The maximum absolute atomic E-state index is 9.59. The van der Waals surface area contributed by atoms with Gasteiger partial charge in [0.15, 0.2) is 11.5 Å². The predicted molar refractivity (Wildman–Crippen MR) is 51.5 cm³/mol. The Kier molecular flexibility index (Phi) is 1.70. The lowest BCUT2D eigenvalue weighted by atomic mass is 10.0. The molecule has 2 rings (SSSR count). The molecule has 70 valence electrons. The van der Waals surface area contributed by atoms with Gasteiger partial charge in [-0.3, -0.25) is 0 Å². The van der Waals surface area contributed by atoms with Crippen LogP contribution >= 0.6 is 11.6 Å². The molecule has 13 heavy (non-hydrogen) atoms. The van der Waals surface area contributed by atoms with Gasteiger partial charge in [0.05, 0.1) is 5.02 Å². The van der Waals surface area contributed by atoms with Gasteiger partial charge in [0, 0.05) is 12.0 Å². The van der Waals surface area contributed by atoms with Gasteiger partial charge in [0.2, 0.25) is 0 Å². The summed E-state index contributed by atoms with van der Waals surface area (Å²) in [6.45, 7) is 3.97. The Morgan fingerprint density at radius 2 is 2.15 bits per heavy atom. The molecule has 0 saturated heterocycles. The van der Waals surface area contributed by atoms with Crippen LogP contribution in [0, 0.1) is 0 Å². The van der Waals surface area contributed by atoms with Gasteiger partial charge >= 0.3 is 0 Å². The van der Waals surface area contributed by atoms with Crippen molar-refractivity contribution in [3.63, 3.8) is 0 Å². The Bertz CT molecular complexity index is 358. The van der Waals surface area contributed by atoms with Crippen molar-refractivity contribution < 1.29 is 9.84 Å². The number of halogens is 1. The molecule has 0 fully saturated rings. The molecule has 3 heteroatoms. The predicted octanol–water partition coefficient (Wildman–Crippen LogP) is 2.76. The fraction of sp³-hybridized carbons (Fsp3) is 0.400. The number of rotatable bonds is 0. The van der Waals surface area contributed by atoms with Crippen LogP contribution in [0.25, 0.3) is 0 Å². The molecule has 0 aromatic heterocycles. The SMILES string of the molecule is CC1(C)Cc2ccc(Cl)c(O)c2O1. The van der Waals surface area contributed by atoms with Crippen LogP contribution in [-0.2, 0) is 6.42 Å². The highest BCUT2D eigenvalue weighted by atomic mass is 35.5. The van der Waals surface area contributed by atoms with Gasteiger partial charge in [0.25, 0.3) is 0 Å². The molecule has 0 aliphatic carbocycles. The van der Waals surface area contributed by atoms with E-state index in [1.165, 1.54) is 0 Å². The maximum atomic E-state index is 9.59. The first kappa shape index (κ1) is 8.70. The Morgan fingerprint density at radius 3 is 2.85 bits per heavy atom. The van der Waals surface area contributed by atoms with Gasteiger partial charge in [-0.15, -0.1) is 0 Å². The van der Waals surface area contributed by atoms with Gasteiger partial charge in [-0.2, -0.15) is 0 Å². The number of ether oxygens (including phenoxy) is 1. The van der Waals surface area contributed by atoms with E-state index in [9.17, 15) is 5.11 Å². The Balaban J connectivity index is 2.53. The molecule has 1 aromatic rings. The minimum atomic E-state index is -0.232. The molecule has 2 nitrogen and oxygen atoms in total.